The zero-order valence-electron chi connectivity index (χ0n) is 15.4. The lowest BCUT2D eigenvalue weighted by Crippen LogP contribution is -2.67. The molecule has 4 aliphatic carbocycles. The average molecular weight is 328 g/mol. The first-order valence-corrected chi connectivity index (χ1v) is 9.34. The van der Waals surface area contributed by atoms with Gasteiger partial charge in [-0.1, -0.05) is 25.5 Å². The van der Waals surface area contributed by atoms with Gasteiger partial charge in [-0.25, -0.2) is 0 Å². The van der Waals surface area contributed by atoms with E-state index in [0.717, 1.165) is 25.7 Å². The first-order chi connectivity index (χ1) is 11.3. The lowest BCUT2D eigenvalue weighted by Gasteiger charge is -2.62. The normalized spacial score (nSPS) is 47.3. The quantitative estimate of drug-likeness (QED) is 0.681. The summed E-state index contributed by atoms with van der Waals surface area (Å²) in [5, 5.41) is 0. The van der Waals surface area contributed by atoms with Gasteiger partial charge in [0.2, 0.25) is 5.78 Å². The number of carbonyl (C=O) groups excluding carboxylic acids is 2. The van der Waals surface area contributed by atoms with E-state index in [1.165, 1.54) is 12.7 Å². The van der Waals surface area contributed by atoms with E-state index in [-0.39, 0.29) is 23.4 Å². The van der Waals surface area contributed by atoms with Crippen LogP contribution in [0.15, 0.2) is 23.0 Å². The van der Waals surface area contributed by atoms with Crippen molar-refractivity contribution in [2.75, 3.05) is 7.11 Å². The molecule has 4 aliphatic rings. The highest BCUT2D eigenvalue weighted by Gasteiger charge is 2.76. The standard InChI is InChI=1S/C21H28O3/c1-11-8-15-9-12(2)16-7-6-13(3)20(10-11)19(23)17(24-5)14(4)18(22)21(15,16)20/h8,12-13,15-16H,6-7,9-10H2,1-5H3/t12-,13+,15-,16-,20-,21+/m0/s1. The third kappa shape index (κ3) is 1.46. The number of hydrogen-bond acceptors (Lipinski definition) is 3. The second-order valence-electron chi connectivity index (χ2n) is 8.75. The minimum Gasteiger partial charge on any atom is -0.493 e. The Kier molecular flexibility index (Phi) is 3.24. The molecule has 1 spiro atoms. The Hall–Kier alpha value is -1.38. The van der Waals surface area contributed by atoms with E-state index in [0.29, 0.717) is 23.2 Å². The Bertz CT molecular complexity index is 700. The highest BCUT2D eigenvalue weighted by atomic mass is 16.5. The van der Waals surface area contributed by atoms with Gasteiger partial charge in [0.15, 0.2) is 11.5 Å². The van der Waals surface area contributed by atoms with Crippen LogP contribution in [0.3, 0.4) is 0 Å². The lowest BCUT2D eigenvalue weighted by atomic mass is 9.38. The van der Waals surface area contributed by atoms with Crippen LogP contribution in [0.4, 0.5) is 0 Å². The van der Waals surface area contributed by atoms with Crippen LogP contribution in [0, 0.1) is 34.5 Å². The third-order valence-electron chi connectivity index (χ3n) is 7.89. The summed E-state index contributed by atoms with van der Waals surface area (Å²) in [6.07, 6.45) is 6.18. The highest BCUT2D eigenvalue weighted by Crippen LogP contribution is 2.74. The largest absolute Gasteiger partial charge is 0.493 e. The number of allylic oxidation sites excluding steroid dienone is 4. The van der Waals surface area contributed by atoms with Crippen LogP contribution in [0.1, 0.15) is 53.4 Å². The monoisotopic (exact) mass is 328 g/mol. The maximum Gasteiger partial charge on any atom is 0.205 e. The van der Waals surface area contributed by atoms with Crippen molar-refractivity contribution < 1.29 is 14.3 Å². The Morgan fingerprint density at radius 3 is 2.50 bits per heavy atom. The molecule has 0 unspecified atom stereocenters. The number of ketones is 2. The van der Waals surface area contributed by atoms with Crippen LogP contribution in [0.2, 0.25) is 0 Å². The van der Waals surface area contributed by atoms with Crippen molar-refractivity contribution in [3.63, 3.8) is 0 Å². The predicted molar refractivity (Wildman–Crippen MR) is 92.1 cm³/mol. The highest BCUT2D eigenvalue weighted by molar-refractivity contribution is 6.17. The van der Waals surface area contributed by atoms with E-state index in [1.54, 1.807) is 6.92 Å². The fraction of sp³-hybridized carbons (Fsp3) is 0.714. The summed E-state index contributed by atoms with van der Waals surface area (Å²) < 4.78 is 5.47. The fourth-order valence-electron chi connectivity index (χ4n) is 7.16. The van der Waals surface area contributed by atoms with Gasteiger partial charge in [0.25, 0.3) is 0 Å². The van der Waals surface area contributed by atoms with Crippen molar-refractivity contribution >= 4 is 11.6 Å². The Morgan fingerprint density at radius 2 is 1.83 bits per heavy atom. The van der Waals surface area contributed by atoms with Gasteiger partial charge in [0, 0.05) is 5.57 Å². The molecule has 0 amide bonds. The van der Waals surface area contributed by atoms with E-state index in [2.05, 4.69) is 26.8 Å². The molecule has 0 aromatic rings. The number of carbonyl (C=O) groups is 2. The first-order valence-electron chi connectivity index (χ1n) is 9.34. The van der Waals surface area contributed by atoms with Crippen molar-refractivity contribution in [1.82, 2.24) is 0 Å². The Labute approximate surface area is 144 Å². The van der Waals surface area contributed by atoms with Crippen LogP contribution in [0.5, 0.6) is 0 Å². The predicted octanol–water partition coefficient (Wildman–Crippen LogP) is 4.08. The fourth-order valence-corrected chi connectivity index (χ4v) is 7.16. The number of ether oxygens (including phenoxy) is 1. The van der Waals surface area contributed by atoms with Gasteiger partial charge in [-0.05, 0) is 63.2 Å². The number of rotatable bonds is 1. The molecular weight excluding hydrogens is 300 g/mol. The number of methoxy groups -OCH3 is 1. The van der Waals surface area contributed by atoms with Crippen LogP contribution >= 0.6 is 0 Å². The van der Waals surface area contributed by atoms with Crippen molar-refractivity contribution in [1.29, 1.82) is 0 Å². The molecule has 2 saturated carbocycles. The maximum atomic E-state index is 13.8. The molecule has 4 rings (SSSR count). The zero-order chi connectivity index (χ0) is 17.4. The first kappa shape index (κ1) is 16.1. The summed E-state index contributed by atoms with van der Waals surface area (Å²) in [7, 11) is 1.53. The molecule has 0 radical (unpaired) electrons. The van der Waals surface area contributed by atoms with Crippen LogP contribution in [-0.4, -0.2) is 18.7 Å². The third-order valence-corrected chi connectivity index (χ3v) is 7.89. The van der Waals surface area contributed by atoms with Crippen molar-refractivity contribution in [2.24, 2.45) is 34.5 Å². The molecule has 0 saturated heterocycles. The van der Waals surface area contributed by atoms with E-state index < -0.39 is 10.8 Å². The minimum atomic E-state index is -0.591. The Balaban J connectivity index is 2.09. The van der Waals surface area contributed by atoms with Crippen molar-refractivity contribution in [2.45, 2.75) is 53.4 Å². The molecule has 0 aromatic carbocycles. The maximum absolute atomic E-state index is 13.8. The summed E-state index contributed by atoms with van der Waals surface area (Å²) in [4.78, 5) is 27.5. The molecule has 0 aliphatic heterocycles. The van der Waals surface area contributed by atoms with Gasteiger partial charge in [0.1, 0.15) is 0 Å². The molecule has 0 heterocycles. The van der Waals surface area contributed by atoms with Crippen LogP contribution in [0.25, 0.3) is 0 Å². The molecule has 24 heavy (non-hydrogen) atoms. The topological polar surface area (TPSA) is 43.4 Å². The van der Waals surface area contributed by atoms with Crippen LogP contribution in [-0.2, 0) is 14.3 Å². The molecule has 3 heteroatoms. The minimum absolute atomic E-state index is 0.103. The second kappa shape index (κ2) is 4.83. The van der Waals surface area contributed by atoms with Gasteiger partial charge < -0.3 is 4.74 Å². The summed E-state index contributed by atoms with van der Waals surface area (Å²) >= 11 is 0. The molecule has 0 aromatic heterocycles. The van der Waals surface area contributed by atoms with Crippen LogP contribution < -0.4 is 0 Å². The average Bonchev–Trinajstić information content (AvgIpc) is 2.82. The van der Waals surface area contributed by atoms with Gasteiger partial charge in [0.05, 0.1) is 17.9 Å². The van der Waals surface area contributed by atoms with Crippen molar-refractivity contribution in [3.8, 4) is 0 Å². The number of Topliss-reactive ketones (excluding diaryl/α,β-unsaturated/α-hetero) is 2. The van der Waals surface area contributed by atoms with Gasteiger partial charge >= 0.3 is 0 Å². The van der Waals surface area contributed by atoms with Gasteiger partial charge in [-0.2, -0.15) is 0 Å². The molecule has 3 nitrogen and oxygen atoms in total. The van der Waals surface area contributed by atoms with Gasteiger partial charge in [-0.3, -0.25) is 9.59 Å². The van der Waals surface area contributed by atoms with E-state index in [4.69, 9.17) is 4.74 Å². The van der Waals surface area contributed by atoms with E-state index in [1.807, 2.05) is 0 Å². The summed E-state index contributed by atoms with van der Waals surface area (Å²) in [6, 6.07) is 0. The van der Waals surface area contributed by atoms with Gasteiger partial charge in [-0.15, -0.1) is 0 Å². The molecule has 6 atom stereocenters. The zero-order valence-corrected chi connectivity index (χ0v) is 15.4. The van der Waals surface area contributed by atoms with Crippen molar-refractivity contribution in [3.05, 3.63) is 23.0 Å². The molecular formula is C21H28O3. The summed E-state index contributed by atoms with van der Waals surface area (Å²) in [5.74, 6) is 1.88. The second-order valence-corrected chi connectivity index (χ2v) is 8.75. The summed E-state index contributed by atoms with van der Waals surface area (Å²) in [6.45, 7) is 8.40. The van der Waals surface area contributed by atoms with E-state index >= 15 is 0 Å². The molecule has 0 bridgehead atoms. The molecule has 130 valence electrons. The lowest BCUT2D eigenvalue weighted by molar-refractivity contribution is -0.174. The summed E-state index contributed by atoms with van der Waals surface area (Å²) in [5.41, 5.74) is 0.719. The SMILES string of the molecule is COC1=C(C)C(=O)[C@]23[C@H]4C=C(C)C[C@@]2(C1=O)[C@H](C)CC[C@H]3[C@@H](C)C4. The number of hydrogen-bond donors (Lipinski definition) is 0. The Morgan fingerprint density at radius 1 is 1.12 bits per heavy atom. The molecule has 0 N–H and O–H groups in total. The van der Waals surface area contributed by atoms with E-state index in [9.17, 15) is 9.59 Å². The molecule has 2 fully saturated rings. The smallest absolute Gasteiger partial charge is 0.205 e.